The van der Waals surface area contributed by atoms with Gasteiger partial charge in [0, 0.05) is 19.5 Å². The van der Waals surface area contributed by atoms with Gasteiger partial charge in [-0.05, 0) is 46.8 Å². The van der Waals surface area contributed by atoms with Crippen molar-refractivity contribution in [2.24, 2.45) is 0 Å². The Bertz CT molecular complexity index is 282. The van der Waals surface area contributed by atoms with E-state index in [0.717, 1.165) is 25.9 Å². The molecule has 0 rings (SSSR count). The number of aliphatic carboxylic acids is 1. The molecule has 1 amide bonds. The summed E-state index contributed by atoms with van der Waals surface area (Å²) in [7, 11) is 2.09. The summed E-state index contributed by atoms with van der Waals surface area (Å²) in [6, 6.07) is -0.306. The Morgan fingerprint density at radius 2 is 1.89 bits per heavy atom. The summed E-state index contributed by atoms with van der Waals surface area (Å²) in [4.78, 5) is 24.0. The van der Waals surface area contributed by atoms with E-state index in [-0.39, 0.29) is 12.5 Å². The fraction of sp³-hybridized carbons (Fsp3) is 0.846. The highest BCUT2D eigenvalue weighted by Crippen LogP contribution is 1.97. The fourth-order valence-electron chi connectivity index (χ4n) is 1.56. The van der Waals surface area contributed by atoms with Gasteiger partial charge in [-0.25, -0.2) is 4.79 Å². The van der Waals surface area contributed by atoms with Gasteiger partial charge in [-0.3, -0.25) is 4.79 Å². The second-order valence-electron chi connectivity index (χ2n) is 5.08. The van der Waals surface area contributed by atoms with Gasteiger partial charge in [0.1, 0.15) is 6.04 Å². The first-order valence-electron chi connectivity index (χ1n) is 6.75. The van der Waals surface area contributed by atoms with E-state index >= 15 is 0 Å². The van der Waals surface area contributed by atoms with E-state index in [1.807, 2.05) is 0 Å². The maximum atomic E-state index is 10.9. The Morgan fingerprint density at radius 3 is 2.37 bits per heavy atom. The molecule has 0 aliphatic rings. The van der Waals surface area contributed by atoms with Crippen molar-refractivity contribution in [3.05, 3.63) is 0 Å². The molecule has 0 aromatic carbocycles. The Morgan fingerprint density at radius 1 is 1.26 bits per heavy atom. The molecule has 0 spiro atoms. The molecule has 1 atom stereocenters. The molecular formula is C13H27N3O3. The molecule has 0 aliphatic heterocycles. The Hall–Kier alpha value is -1.14. The lowest BCUT2D eigenvalue weighted by atomic mass is 10.2. The minimum atomic E-state index is -1.01. The standard InChI is InChI=1S/C13H27N3O3/c1-10(2)16(4)8-6-5-7-14-9-12(13(18)19)15-11(3)17/h10,12,14H,5-9H2,1-4H3,(H,15,17)(H,18,19). The minimum absolute atomic E-state index is 0.259. The Labute approximate surface area is 115 Å². The lowest BCUT2D eigenvalue weighted by molar-refractivity contribution is -0.141. The van der Waals surface area contributed by atoms with Gasteiger partial charge in [0.2, 0.25) is 5.91 Å². The quantitative estimate of drug-likeness (QED) is 0.498. The van der Waals surface area contributed by atoms with Crippen molar-refractivity contribution in [1.29, 1.82) is 0 Å². The molecule has 0 aliphatic carbocycles. The number of carboxylic acid groups (broad SMARTS) is 1. The van der Waals surface area contributed by atoms with Crippen molar-refractivity contribution in [2.75, 3.05) is 26.7 Å². The van der Waals surface area contributed by atoms with Gasteiger partial charge >= 0.3 is 5.97 Å². The number of nitrogens with one attached hydrogen (secondary N) is 2. The Balaban J connectivity index is 3.66. The number of nitrogens with zero attached hydrogens (tertiary/aromatic N) is 1. The van der Waals surface area contributed by atoms with Crippen molar-refractivity contribution >= 4 is 11.9 Å². The number of hydrogen-bond donors (Lipinski definition) is 3. The van der Waals surface area contributed by atoms with Crippen LogP contribution in [0.3, 0.4) is 0 Å². The molecule has 112 valence electrons. The maximum Gasteiger partial charge on any atom is 0.327 e. The SMILES string of the molecule is CC(=O)NC(CNCCCCN(C)C(C)C)C(=O)O. The number of carboxylic acids is 1. The van der Waals surface area contributed by atoms with E-state index in [2.05, 4.69) is 36.4 Å². The molecular weight excluding hydrogens is 246 g/mol. The molecule has 0 saturated carbocycles. The summed E-state index contributed by atoms with van der Waals surface area (Å²) in [5, 5.41) is 14.4. The van der Waals surface area contributed by atoms with Crippen LogP contribution in [0.25, 0.3) is 0 Å². The number of rotatable bonds is 10. The molecule has 0 fully saturated rings. The zero-order valence-electron chi connectivity index (χ0n) is 12.4. The van der Waals surface area contributed by atoms with Gasteiger partial charge < -0.3 is 20.6 Å². The van der Waals surface area contributed by atoms with Crippen molar-refractivity contribution in [2.45, 2.75) is 45.7 Å². The number of carbonyl (C=O) groups is 2. The van der Waals surface area contributed by atoms with Crippen molar-refractivity contribution < 1.29 is 14.7 Å². The van der Waals surface area contributed by atoms with E-state index < -0.39 is 12.0 Å². The highest BCUT2D eigenvalue weighted by Gasteiger charge is 2.17. The van der Waals surface area contributed by atoms with Crippen molar-refractivity contribution in [1.82, 2.24) is 15.5 Å². The molecule has 0 heterocycles. The molecule has 0 aromatic rings. The monoisotopic (exact) mass is 273 g/mol. The maximum absolute atomic E-state index is 10.9. The van der Waals surface area contributed by atoms with Crippen LogP contribution in [0.1, 0.15) is 33.6 Å². The third-order valence-corrected chi connectivity index (χ3v) is 3.02. The normalized spacial score (nSPS) is 12.7. The van der Waals surface area contributed by atoms with Crippen LogP contribution in [0.15, 0.2) is 0 Å². The second kappa shape index (κ2) is 9.75. The third kappa shape index (κ3) is 9.44. The van der Waals surface area contributed by atoms with Gasteiger partial charge in [-0.15, -0.1) is 0 Å². The van der Waals surface area contributed by atoms with Crippen LogP contribution in [0, 0.1) is 0 Å². The first-order valence-corrected chi connectivity index (χ1v) is 6.75. The first-order chi connectivity index (χ1) is 8.84. The molecule has 3 N–H and O–H groups in total. The number of carbonyl (C=O) groups excluding carboxylic acids is 1. The van der Waals surface area contributed by atoms with E-state index in [0.29, 0.717) is 6.04 Å². The molecule has 0 bridgehead atoms. The van der Waals surface area contributed by atoms with Crippen LogP contribution >= 0.6 is 0 Å². The van der Waals surface area contributed by atoms with Crippen LogP contribution in [0.4, 0.5) is 0 Å². The van der Waals surface area contributed by atoms with Crippen LogP contribution < -0.4 is 10.6 Å². The third-order valence-electron chi connectivity index (χ3n) is 3.02. The van der Waals surface area contributed by atoms with E-state index in [9.17, 15) is 9.59 Å². The first kappa shape index (κ1) is 17.9. The summed E-state index contributed by atoms with van der Waals surface area (Å²) in [5.74, 6) is -1.34. The Kier molecular flexibility index (Phi) is 9.16. The summed E-state index contributed by atoms with van der Waals surface area (Å²) in [6.07, 6.45) is 2.06. The number of hydrogen-bond acceptors (Lipinski definition) is 4. The van der Waals surface area contributed by atoms with Gasteiger partial charge in [0.05, 0.1) is 0 Å². The lowest BCUT2D eigenvalue weighted by Gasteiger charge is -2.20. The highest BCUT2D eigenvalue weighted by molar-refractivity contribution is 5.82. The summed E-state index contributed by atoms with van der Waals surface area (Å²) in [6.45, 7) is 7.68. The zero-order chi connectivity index (χ0) is 14.8. The number of amides is 1. The highest BCUT2D eigenvalue weighted by atomic mass is 16.4. The molecule has 6 nitrogen and oxygen atoms in total. The van der Waals surface area contributed by atoms with E-state index in [1.54, 1.807) is 0 Å². The second-order valence-corrected chi connectivity index (χ2v) is 5.08. The average molecular weight is 273 g/mol. The molecule has 1 unspecified atom stereocenters. The molecule has 0 saturated heterocycles. The molecule has 19 heavy (non-hydrogen) atoms. The van der Waals surface area contributed by atoms with Crippen LogP contribution in [0.2, 0.25) is 0 Å². The van der Waals surface area contributed by atoms with Gasteiger partial charge in [-0.2, -0.15) is 0 Å². The summed E-state index contributed by atoms with van der Waals surface area (Å²) in [5.41, 5.74) is 0. The van der Waals surface area contributed by atoms with Gasteiger partial charge in [0.25, 0.3) is 0 Å². The van der Waals surface area contributed by atoms with Crippen molar-refractivity contribution in [3.63, 3.8) is 0 Å². The fourth-order valence-corrected chi connectivity index (χ4v) is 1.56. The van der Waals surface area contributed by atoms with Gasteiger partial charge in [-0.1, -0.05) is 0 Å². The average Bonchev–Trinajstić information content (AvgIpc) is 2.30. The topological polar surface area (TPSA) is 81.7 Å². The minimum Gasteiger partial charge on any atom is -0.480 e. The molecule has 0 aromatic heterocycles. The smallest absolute Gasteiger partial charge is 0.327 e. The van der Waals surface area contributed by atoms with E-state index in [4.69, 9.17) is 5.11 Å². The summed E-state index contributed by atoms with van der Waals surface area (Å²) < 4.78 is 0. The van der Waals surface area contributed by atoms with Crippen LogP contribution in [0.5, 0.6) is 0 Å². The largest absolute Gasteiger partial charge is 0.480 e. The summed E-state index contributed by atoms with van der Waals surface area (Å²) >= 11 is 0. The molecule has 0 radical (unpaired) electrons. The predicted molar refractivity (Wildman–Crippen MR) is 75.1 cm³/mol. The van der Waals surface area contributed by atoms with Crippen molar-refractivity contribution in [3.8, 4) is 0 Å². The predicted octanol–water partition coefficient (Wildman–Crippen LogP) is 0.286. The molecule has 6 heteroatoms. The van der Waals surface area contributed by atoms with Gasteiger partial charge in [0.15, 0.2) is 0 Å². The zero-order valence-corrected chi connectivity index (χ0v) is 12.4. The van der Waals surface area contributed by atoms with Crippen LogP contribution in [-0.4, -0.2) is 60.6 Å². The van der Waals surface area contributed by atoms with Crippen LogP contribution in [-0.2, 0) is 9.59 Å². The van der Waals surface area contributed by atoms with E-state index in [1.165, 1.54) is 6.92 Å². The number of unbranched alkanes of at least 4 members (excludes halogenated alkanes) is 1. The lowest BCUT2D eigenvalue weighted by Crippen LogP contribution is -2.46.